The molecule has 2 rings (SSSR count). The largest absolute Gasteiger partial charge is 0.481 e. The van der Waals surface area contributed by atoms with Gasteiger partial charge in [0.1, 0.15) is 5.82 Å². The van der Waals surface area contributed by atoms with E-state index in [2.05, 4.69) is 4.98 Å². The molecule has 2 aromatic rings. The number of rotatable bonds is 4. The minimum Gasteiger partial charge on any atom is -0.481 e. The quantitative estimate of drug-likeness (QED) is 0.918. The van der Waals surface area contributed by atoms with Crippen molar-refractivity contribution < 1.29 is 14.3 Å². The average molecular weight is 259 g/mol. The second-order valence-corrected chi connectivity index (χ2v) is 4.42. The molecule has 0 amide bonds. The lowest BCUT2D eigenvalue weighted by molar-refractivity contribution is -0.138. The number of nitrogens with zero attached hydrogens (tertiary/aromatic N) is 1. The van der Waals surface area contributed by atoms with E-state index in [1.165, 1.54) is 6.07 Å². The molecule has 0 spiro atoms. The molecule has 98 valence electrons. The fraction of sp³-hybridized carbons (Fsp3) is 0.200. The number of hydrogen-bond donors (Lipinski definition) is 1. The molecule has 1 aromatic carbocycles. The number of benzene rings is 1. The van der Waals surface area contributed by atoms with Crippen LogP contribution in [0.1, 0.15) is 22.7 Å². The zero-order chi connectivity index (χ0) is 13.8. The highest BCUT2D eigenvalue weighted by atomic mass is 19.1. The van der Waals surface area contributed by atoms with Crippen LogP contribution in [-0.4, -0.2) is 16.1 Å². The predicted octanol–water partition coefficient (Wildman–Crippen LogP) is 2.94. The number of hydrogen-bond acceptors (Lipinski definition) is 2. The third-order valence-corrected chi connectivity index (χ3v) is 3.04. The van der Waals surface area contributed by atoms with Gasteiger partial charge >= 0.3 is 5.97 Å². The Kier molecular flexibility index (Phi) is 3.90. The number of carbonyl (C=O) groups is 1. The smallest absolute Gasteiger partial charge is 0.311 e. The number of carboxylic acid groups (broad SMARTS) is 1. The molecule has 0 saturated carbocycles. The number of halogens is 1. The van der Waals surface area contributed by atoms with E-state index in [0.717, 1.165) is 0 Å². The van der Waals surface area contributed by atoms with Crippen LogP contribution < -0.4 is 0 Å². The highest BCUT2D eigenvalue weighted by molar-refractivity contribution is 5.76. The summed E-state index contributed by atoms with van der Waals surface area (Å²) in [5, 5.41) is 9.30. The summed E-state index contributed by atoms with van der Waals surface area (Å²) in [6.07, 6.45) is 1.86. The number of aliphatic carboxylic acids is 1. The zero-order valence-corrected chi connectivity index (χ0v) is 10.5. The summed E-state index contributed by atoms with van der Waals surface area (Å²) in [6.45, 7) is 1.65. The molecule has 1 atom stereocenters. The molecule has 19 heavy (non-hydrogen) atoms. The molecule has 4 heteroatoms. The van der Waals surface area contributed by atoms with E-state index in [0.29, 0.717) is 16.8 Å². The van der Waals surface area contributed by atoms with Crippen molar-refractivity contribution >= 4 is 5.97 Å². The van der Waals surface area contributed by atoms with Gasteiger partial charge in [0.25, 0.3) is 0 Å². The lowest BCUT2D eigenvalue weighted by atomic mass is 9.93. The number of aryl methyl sites for hydroxylation is 1. The van der Waals surface area contributed by atoms with Crippen molar-refractivity contribution in [3.8, 4) is 0 Å². The van der Waals surface area contributed by atoms with Gasteiger partial charge in [-0.15, -0.1) is 0 Å². The normalized spacial score (nSPS) is 12.1. The van der Waals surface area contributed by atoms with Gasteiger partial charge in [-0.3, -0.25) is 9.78 Å². The van der Waals surface area contributed by atoms with Crippen molar-refractivity contribution in [1.82, 2.24) is 4.98 Å². The first-order chi connectivity index (χ1) is 9.08. The van der Waals surface area contributed by atoms with Crippen LogP contribution in [0, 0.1) is 12.7 Å². The molecule has 1 N–H and O–H groups in total. The molecular weight excluding hydrogens is 245 g/mol. The maximum Gasteiger partial charge on any atom is 0.311 e. The van der Waals surface area contributed by atoms with Gasteiger partial charge in [-0.05, 0) is 36.2 Å². The van der Waals surface area contributed by atoms with Crippen molar-refractivity contribution in [2.75, 3.05) is 0 Å². The summed E-state index contributed by atoms with van der Waals surface area (Å²) in [4.78, 5) is 15.5. The van der Waals surface area contributed by atoms with Crippen LogP contribution in [0.4, 0.5) is 4.39 Å². The van der Waals surface area contributed by atoms with Crippen LogP contribution in [-0.2, 0) is 11.2 Å². The van der Waals surface area contributed by atoms with Gasteiger partial charge in [-0.2, -0.15) is 0 Å². The van der Waals surface area contributed by atoms with Crippen molar-refractivity contribution in [2.24, 2.45) is 0 Å². The average Bonchev–Trinajstić information content (AvgIpc) is 2.40. The fourth-order valence-corrected chi connectivity index (χ4v) is 1.90. The molecule has 0 aliphatic rings. The zero-order valence-electron chi connectivity index (χ0n) is 10.5. The molecule has 0 bridgehead atoms. The van der Waals surface area contributed by atoms with E-state index >= 15 is 0 Å². The van der Waals surface area contributed by atoms with Crippen LogP contribution in [0.2, 0.25) is 0 Å². The minimum absolute atomic E-state index is 0.249. The third-order valence-electron chi connectivity index (χ3n) is 3.04. The van der Waals surface area contributed by atoms with Gasteiger partial charge in [-0.1, -0.05) is 18.2 Å². The molecule has 0 aliphatic heterocycles. The van der Waals surface area contributed by atoms with Gasteiger partial charge < -0.3 is 5.11 Å². The Hall–Kier alpha value is -2.23. The Morgan fingerprint density at radius 3 is 2.74 bits per heavy atom. The second-order valence-electron chi connectivity index (χ2n) is 4.42. The minimum atomic E-state index is -0.978. The maximum absolute atomic E-state index is 13.5. The third kappa shape index (κ3) is 3.16. The first-order valence-corrected chi connectivity index (χ1v) is 5.96. The van der Waals surface area contributed by atoms with E-state index < -0.39 is 11.9 Å². The molecule has 1 unspecified atom stereocenters. The van der Waals surface area contributed by atoms with E-state index in [1.807, 2.05) is 0 Å². The Labute approximate surface area is 110 Å². The number of carboxylic acids is 1. The van der Waals surface area contributed by atoms with E-state index in [1.54, 1.807) is 43.5 Å². The van der Waals surface area contributed by atoms with Crippen LogP contribution in [0.3, 0.4) is 0 Å². The predicted molar refractivity (Wildman–Crippen MR) is 69.5 cm³/mol. The summed E-state index contributed by atoms with van der Waals surface area (Å²) in [7, 11) is 0. The van der Waals surface area contributed by atoms with Crippen molar-refractivity contribution in [3.63, 3.8) is 0 Å². The second kappa shape index (κ2) is 5.61. The Bertz CT molecular complexity index is 584. The molecule has 0 radical (unpaired) electrons. The van der Waals surface area contributed by atoms with E-state index in [-0.39, 0.29) is 12.2 Å². The van der Waals surface area contributed by atoms with Crippen molar-refractivity contribution in [1.29, 1.82) is 0 Å². The molecule has 1 aromatic heterocycles. The topological polar surface area (TPSA) is 50.2 Å². The van der Waals surface area contributed by atoms with Gasteiger partial charge in [0.15, 0.2) is 0 Å². The number of aromatic nitrogens is 1. The molecule has 3 nitrogen and oxygen atoms in total. The Balaban J connectivity index is 2.30. The van der Waals surface area contributed by atoms with Crippen molar-refractivity contribution in [3.05, 3.63) is 65.2 Å². The summed E-state index contributed by atoms with van der Waals surface area (Å²) >= 11 is 0. The Morgan fingerprint density at radius 2 is 2.16 bits per heavy atom. The lowest BCUT2D eigenvalue weighted by Gasteiger charge is -2.13. The highest BCUT2D eigenvalue weighted by Crippen LogP contribution is 2.22. The highest BCUT2D eigenvalue weighted by Gasteiger charge is 2.21. The Morgan fingerprint density at radius 1 is 1.37 bits per heavy atom. The molecule has 0 aliphatic carbocycles. The summed E-state index contributed by atoms with van der Waals surface area (Å²) in [5.74, 6) is -2.15. The number of pyridine rings is 1. The van der Waals surface area contributed by atoms with Crippen molar-refractivity contribution in [2.45, 2.75) is 19.3 Å². The molecule has 0 fully saturated rings. The summed E-state index contributed by atoms with van der Waals surface area (Å²) in [5.41, 5.74) is 1.64. The van der Waals surface area contributed by atoms with E-state index in [9.17, 15) is 14.3 Å². The molecule has 0 saturated heterocycles. The first-order valence-electron chi connectivity index (χ1n) is 5.96. The summed E-state index contributed by atoms with van der Waals surface area (Å²) in [6, 6.07) is 9.87. The standard InChI is InChI=1S/C15H14FNO2/c1-10-5-6-11(8-14(10)16)13(15(18)19)9-12-4-2-3-7-17-12/h2-8,13H,9H2,1H3,(H,18,19). The summed E-state index contributed by atoms with van der Waals surface area (Å²) < 4.78 is 13.5. The van der Waals surface area contributed by atoms with Crippen LogP contribution in [0.15, 0.2) is 42.6 Å². The van der Waals surface area contributed by atoms with Crippen LogP contribution in [0.5, 0.6) is 0 Å². The monoisotopic (exact) mass is 259 g/mol. The van der Waals surface area contributed by atoms with Gasteiger partial charge in [0.2, 0.25) is 0 Å². The van der Waals surface area contributed by atoms with Crippen LogP contribution >= 0.6 is 0 Å². The van der Waals surface area contributed by atoms with E-state index in [4.69, 9.17) is 0 Å². The SMILES string of the molecule is Cc1ccc(C(Cc2ccccn2)C(=O)O)cc1F. The molecular formula is C15H14FNO2. The first kappa shape index (κ1) is 13.2. The van der Waals surface area contributed by atoms with Gasteiger partial charge in [0.05, 0.1) is 5.92 Å². The van der Waals surface area contributed by atoms with Gasteiger partial charge in [-0.25, -0.2) is 4.39 Å². The lowest BCUT2D eigenvalue weighted by Crippen LogP contribution is -2.15. The maximum atomic E-state index is 13.5. The van der Waals surface area contributed by atoms with Crippen LogP contribution in [0.25, 0.3) is 0 Å². The molecule has 1 heterocycles. The van der Waals surface area contributed by atoms with Gasteiger partial charge in [0, 0.05) is 18.3 Å². The fourth-order valence-electron chi connectivity index (χ4n) is 1.90.